The number of nitrogens with one attached hydrogen (secondary N) is 1. The minimum atomic E-state index is -4.51. The van der Waals surface area contributed by atoms with Gasteiger partial charge in [0.1, 0.15) is 18.0 Å². The molecular weight excluding hydrogens is 331 g/mol. The molecule has 4 nitrogen and oxygen atoms in total. The second-order valence-corrected chi connectivity index (χ2v) is 6.10. The number of alkyl halides is 3. The van der Waals surface area contributed by atoms with Crippen LogP contribution in [0.1, 0.15) is 18.1 Å². The van der Waals surface area contributed by atoms with E-state index < -0.39 is 11.7 Å². The van der Waals surface area contributed by atoms with Gasteiger partial charge in [0, 0.05) is 25.7 Å². The molecule has 1 N–H and O–H groups in total. The van der Waals surface area contributed by atoms with Crippen molar-refractivity contribution in [3.8, 4) is 5.88 Å². The molecule has 1 aliphatic heterocycles. The van der Waals surface area contributed by atoms with Crippen LogP contribution in [0.5, 0.6) is 5.88 Å². The molecule has 0 spiro atoms. The highest BCUT2D eigenvalue weighted by molar-refractivity contribution is 5.45. The first-order chi connectivity index (χ1) is 11.9. The van der Waals surface area contributed by atoms with Gasteiger partial charge in [-0.3, -0.25) is 0 Å². The van der Waals surface area contributed by atoms with Crippen molar-refractivity contribution in [2.24, 2.45) is 0 Å². The number of pyridine rings is 1. The fourth-order valence-corrected chi connectivity index (χ4v) is 2.80. The SMILES string of the molecule is C[C@@H]1CN(c2ccc(C(F)(F)F)c(OCc3ccccc3)n2)CCN1. The van der Waals surface area contributed by atoms with Gasteiger partial charge in [-0.05, 0) is 24.6 Å². The Balaban J connectivity index is 1.85. The average Bonchev–Trinajstić information content (AvgIpc) is 2.60. The van der Waals surface area contributed by atoms with Gasteiger partial charge in [-0.2, -0.15) is 18.2 Å². The van der Waals surface area contributed by atoms with Crippen LogP contribution in [0.25, 0.3) is 0 Å². The largest absolute Gasteiger partial charge is 0.472 e. The number of aromatic nitrogens is 1. The zero-order valence-electron chi connectivity index (χ0n) is 13.9. The molecule has 0 radical (unpaired) electrons. The van der Waals surface area contributed by atoms with Crippen LogP contribution in [0.3, 0.4) is 0 Å². The molecular formula is C18H20F3N3O. The maximum atomic E-state index is 13.3. The summed E-state index contributed by atoms with van der Waals surface area (Å²) < 4.78 is 45.2. The molecule has 0 unspecified atom stereocenters. The monoisotopic (exact) mass is 351 g/mol. The number of anilines is 1. The number of halogens is 3. The quantitative estimate of drug-likeness (QED) is 0.915. The smallest absolute Gasteiger partial charge is 0.421 e. The van der Waals surface area contributed by atoms with E-state index in [1.54, 1.807) is 12.1 Å². The van der Waals surface area contributed by atoms with E-state index >= 15 is 0 Å². The first-order valence-electron chi connectivity index (χ1n) is 8.17. The van der Waals surface area contributed by atoms with E-state index in [2.05, 4.69) is 10.3 Å². The number of hydrogen-bond donors (Lipinski definition) is 1. The summed E-state index contributed by atoms with van der Waals surface area (Å²) in [4.78, 5) is 6.14. The minimum absolute atomic E-state index is 0.0400. The summed E-state index contributed by atoms with van der Waals surface area (Å²) in [6, 6.07) is 11.8. The lowest BCUT2D eigenvalue weighted by atomic mass is 10.2. The summed E-state index contributed by atoms with van der Waals surface area (Å²) in [5, 5.41) is 3.30. The molecule has 3 rings (SSSR count). The van der Waals surface area contributed by atoms with Gasteiger partial charge in [0.05, 0.1) is 0 Å². The Bertz CT molecular complexity index is 706. The number of hydrogen-bond acceptors (Lipinski definition) is 4. The number of ether oxygens (including phenoxy) is 1. The Kier molecular flexibility index (Phi) is 5.13. The van der Waals surface area contributed by atoms with E-state index in [1.165, 1.54) is 6.07 Å². The molecule has 7 heteroatoms. The van der Waals surface area contributed by atoms with Crippen molar-refractivity contribution in [2.75, 3.05) is 24.5 Å². The van der Waals surface area contributed by atoms with E-state index in [4.69, 9.17) is 4.74 Å². The molecule has 2 heterocycles. The van der Waals surface area contributed by atoms with Gasteiger partial charge in [-0.1, -0.05) is 30.3 Å². The van der Waals surface area contributed by atoms with Crippen LogP contribution in [0.4, 0.5) is 19.0 Å². The topological polar surface area (TPSA) is 37.4 Å². The lowest BCUT2D eigenvalue weighted by molar-refractivity contribution is -0.139. The lowest BCUT2D eigenvalue weighted by Gasteiger charge is -2.33. The highest BCUT2D eigenvalue weighted by atomic mass is 19.4. The van der Waals surface area contributed by atoms with Crippen molar-refractivity contribution >= 4 is 5.82 Å². The van der Waals surface area contributed by atoms with Gasteiger partial charge in [0.2, 0.25) is 5.88 Å². The molecule has 0 bridgehead atoms. The van der Waals surface area contributed by atoms with Gasteiger partial charge in [-0.25, -0.2) is 0 Å². The first-order valence-corrected chi connectivity index (χ1v) is 8.17. The van der Waals surface area contributed by atoms with Crippen molar-refractivity contribution in [3.05, 3.63) is 53.6 Å². The van der Waals surface area contributed by atoms with Gasteiger partial charge in [0.25, 0.3) is 0 Å². The highest BCUT2D eigenvalue weighted by Gasteiger charge is 2.36. The number of rotatable bonds is 4. The Morgan fingerprint density at radius 2 is 1.96 bits per heavy atom. The molecule has 0 aliphatic carbocycles. The minimum Gasteiger partial charge on any atom is -0.472 e. The lowest BCUT2D eigenvalue weighted by Crippen LogP contribution is -2.49. The van der Waals surface area contributed by atoms with E-state index in [-0.39, 0.29) is 18.5 Å². The fourth-order valence-electron chi connectivity index (χ4n) is 2.80. The summed E-state index contributed by atoms with van der Waals surface area (Å²) in [6.07, 6.45) is -4.51. The Hall–Kier alpha value is -2.28. The van der Waals surface area contributed by atoms with Crippen molar-refractivity contribution in [1.82, 2.24) is 10.3 Å². The summed E-state index contributed by atoms with van der Waals surface area (Å²) in [7, 11) is 0. The van der Waals surface area contributed by atoms with Crippen molar-refractivity contribution in [3.63, 3.8) is 0 Å². The summed E-state index contributed by atoms with van der Waals surface area (Å²) >= 11 is 0. The fraction of sp³-hybridized carbons (Fsp3) is 0.389. The van der Waals surface area contributed by atoms with Gasteiger partial charge in [-0.15, -0.1) is 0 Å². The van der Waals surface area contributed by atoms with Crippen molar-refractivity contribution < 1.29 is 17.9 Å². The third-order valence-electron chi connectivity index (χ3n) is 4.06. The third kappa shape index (κ3) is 4.42. The van der Waals surface area contributed by atoms with Crippen LogP contribution in [0.2, 0.25) is 0 Å². The maximum absolute atomic E-state index is 13.3. The summed E-state index contributed by atoms with van der Waals surface area (Å²) in [5.41, 5.74) is -0.0611. The summed E-state index contributed by atoms with van der Waals surface area (Å²) in [6.45, 7) is 4.22. The van der Waals surface area contributed by atoms with Crippen LogP contribution >= 0.6 is 0 Å². The molecule has 1 saturated heterocycles. The second kappa shape index (κ2) is 7.31. The van der Waals surface area contributed by atoms with E-state index in [0.717, 1.165) is 18.2 Å². The first kappa shape index (κ1) is 17.5. The van der Waals surface area contributed by atoms with E-state index in [0.29, 0.717) is 18.9 Å². The van der Waals surface area contributed by atoms with Gasteiger partial charge < -0.3 is 15.0 Å². The van der Waals surface area contributed by atoms with Crippen molar-refractivity contribution in [2.45, 2.75) is 25.7 Å². The van der Waals surface area contributed by atoms with Crippen LogP contribution in [0.15, 0.2) is 42.5 Å². The highest BCUT2D eigenvalue weighted by Crippen LogP contribution is 2.36. The summed E-state index contributed by atoms with van der Waals surface area (Å²) in [5.74, 6) is 0.129. The molecule has 0 amide bonds. The second-order valence-electron chi connectivity index (χ2n) is 6.10. The van der Waals surface area contributed by atoms with Gasteiger partial charge >= 0.3 is 6.18 Å². The maximum Gasteiger partial charge on any atom is 0.421 e. The van der Waals surface area contributed by atoms with Crippen LogP contribution < -0.4 is 15.0 Å². The molecule has 1 aliphatic rings. The molecule has 0 saturated carbocycles. The number of piperazine rings is 1. The van der Waals surface area contributed by atoms with Crippen LogP contribution in [-0.4, -0.2) is 30.7 Å². The third-order valence-corrected chi connectivity index (χ3v) is 4.06. The molecule has 1 aromatic carbocycles. The predicted molar refractivity (Wildman–Crippen MR) is 89.7 cm³/mol. The van der Waals surface area contributed by atoms with Crippen LogP contribution in [-0.2, 0) is 12.8 Å². The molecule has 1 aromatic heterocycles. The Morgan fingerprint density at radius 1 is 1.20 bits per heavy atom. The van der Waals surface area contributed by atoms with Crippen LogP contribution in [0, 0.1) is 0 Å². The molecule has 1 atom stereocenters. The number of nitrogens with zero attached hydrogens (tertiary/aromatic N) is 2. The number of benzene rings is 1. The molecule has 2 aromatic rings. The van der Waals surface area contributed by atoms with E-state index in [9.17, 15) is 13.2 Å². The predicted octanol–water partition coefficient (Wildman–Crippen LogP) is 3.48. The standard InChI is InChI=1S/C18H20F3N3O/c1-13-11-24(10-9-22-13)16-8-7-15(18(19,20)21)17(23-16)25-12-14-5-3-2-4-6-14/h2-8,13,22H,9-12H2,1H3/t13-/m1/s1. The van der Waals surface area contributed by atoms with Gasteiger partial charge in [0.15, 0.2) is 0 Å². The Labute approximate surface area is 144 Å². The Morgan fingerprint density at radius 3 is 2.64 bits per heavy atom. The average molecular weight is 351 g/mol. The van der Waals surface area contributed by atoms with E-state index in [1.807, 2.05) is 30.0 Å². The zero-order chi connectivity index (χ0) is 17.9. The molecule has 1 fully saturated rings. The molecule has 134 valence electrons. The molecule has 25 heavy (non-hydrogen) atoms. The zero-order valence-corrected chi connectivity index (χ0v) is 13.9. The normalized spacial score (nSPS) is 18.2. The van der Waals surface area contributed by atoms with Crippen molar-refractivity contribution in [1.29, 1.82) is 0 Å².